The largest absolute Gasteiger partial charge is 0.425 e. The molecule has 0 saturated heterocycles. The van der Waals surface area contributed by atoms with Crippen LogP contribution in [0.3, 0.4) is 0 Å². The predicted octanol–water partition coefficient (Wildman–Crippen LogP) is 2.44. The molecule has 1 aromatic rings. The molecule has 1 aromatic carbocycles. The number of hydrogen-bond acceptors (Lipinski definition) is 5. The van der Waals surface area contributed by atoms with Crippen LogP contribution in [0.2, 0.25) is 0 Å². The zero-order chi connectivity index (χ0) is 11.5. The minimum absolute atomic E-state index is 0.0503. The maximum atomic E-state index is 11.4. The van der Waals surface area contributed by atoms with Crippen LogP contribution >= 0.6 is 7.60 Å². The van der Waals surface area contributed by atoms with E-state index in [0.29, 0.717) is 0 Å². The second-order valence-electron chi connectivity index (χ2n) is 2.80. The quantitative estimate of drug-likeness (QED) is 0.451. The highest BCUT2D eigenvalue weighted by Gasteiger charge is 2.16. The molecular weight excluding hydrogens is 221 g/mol. The molecule has 1 rings (SSSR count). The number of nitrogens with zero attached hydrogens (tertiary/aromatic N) is 1. The summed E-state index contributed by atoms with van der Waals surface area (Å²) in [6.45, 7) is 1.31. The van der Waals surface area contributed by atoms with Crippen molar-refractivity contribution in [1.29, 1.82) is 0 Å². The highest BCUT2D eigenvalue weighted by atomic mass is 31.2. The Bertz CT molecular complexity index is 402. The van der Waals surface area contributed by atoms with Gasteiger partial charge in [-0.25, -0.2) is 4.57 Å². The van der Waals surface area contributed by atoms with E-state index in [1.165, 1.54) is 38.0 Å². The van der Waals surface area contributed by atoms with Gasteiger partial charge in [-0.2, -0.15) is 0 Å². The number of hydrogen-bond donors (Lipinski definition) is 0. The van der Waals surface area contributed by atoms with Crippen molar-refractivity contribution in [2.45, 2.75) is 0 Å². The second-order valence-corrected chi connectivity index (χ2v) is 4.89. The lowest BCUT2D eigenvalue weighted by atomic mass is 10.3. The van der Waals surface area contributed by atoms with Gasteiger partial charge < -0.3 is 9.05 Å². The molecular formula is C8H10NO5P. The van der Waals surface area contributed by atoms with E-state index in [9.17, 15) is 14.7 Å². The maximum absolute atomic E-state index is 11.4. The summed E-state index contributed by atoms with van der Waals surface area (Å²) in [6, 6.07) is 5.27. The molecule has 1 unspecified atom stereocenters. The van der Waals surface area contributed by atoms with E-state index >= 15 is 0 Å². The summed E-state index contributed by atoms with van der Waals surface area (Å²) in [4.78, 5) is 9.82. The third-order valence-electron chi connectivity index (χ3n) is 1.65. The molecule has 0 bridgehead atoms. The molecule has 0 radical (unpaired) electrons. The number of nitro groups is 1. The molecule has 0 aliphatic heterocycles. The Labute approximate surface area is 86.5 Å². The van der Waals surface area contributed by atoms with E-state index in [0.717, 1.165) is 0 Å². The van der Waals surface area contributed by atoms with E-state index in [-0.39, 0.29) is 11.4 Å². The summed E-state index contributed by atoms with van der Waals surface area (Å²) in [6.07, 6.45) is 0. The summed E-state index contributed by atoms with van der Waals surface area (Å²) >= 11 is 0. The predicted molar refractivity (Wildman–Crippen MR) is 54.3 cm³/mol. The van der Waals surface area contributed by atoms with Crippen molar-refractivity contribution in [3.63, 3.8) is 0 Å². The van der Waals surface area contributed by atoms with E-state index in [4.69, 9.17) is 4.52 Å². The van der Waals surface area contributed by atoms with Gasteiger partial charge in [-0.1, -0.05) is 0 Å². The fourth-order valence-corrected chi connectivity index (χ4v) is 1.44. The number of rotatable bonds is 4. The van der Waals surface area contributed by atoms with Crippen LogP contribution < -0.4 is 4.52 Å². The first-order chi connectivity index (χ1) is 6.94. The van der Waals surface area contributed by atoms with E-state index in [1.54, 1.807) is 0 Å². The van der Waals surface area contributed by atoms with Crippen LogP contribution in [-0.4, -0.2) is 18.7 Å². The smallest absolute Gasteiger partial charge is 0.375 e. The summed E-state index contributed by atoms with van der Waals surface area (Å²) in [5.41, 5.74) is -0.0503. The third kappa shape index (κ3) is 3.34. The van der Waals surface area contributed by atoms with Gasteiger partial charge >= 0.3 is 7.60 Å². The van der Waals surface area contributed by atoms with Crippen LogP contribution in [0, 0.1) is 10.1 Å². The minimum atomic E-state index is -3.10. The molecule has 0 heterocycles. The molecule has 0 aromatic heterocycles. The van der Waals surface area contributed by atoms with Crippen molar-refractivity contribution < 1.29 is 18.5 Å². The van der Waals surface area contributed by atoms with Crippen LogP contribution in [0.4, 0.5) is 5.69 Å². The fourth-order valence-electron chi connectivity index (χ4n) is 0.857. The Morgan fingerprint density at radius 1 is 1.33 bits per heavy atom. The SMILES string of the molecule is COP(C)(=O)Oc1ccc([N+](=O)[O-])cc1. The zero-order valence-electron chi connectivity index (χ0n) is 8.25. The van der Waals surface area contributed by atoms with Crippen molar-refractivity contribution in [2.75, 3.05) is 13.8 Å². The van der Waals surface area contributed by atoms with Crippen LogP contribution in [0.15, 0.2) is 24.3 Å². The monoisotopic (exact) mass is 231 g/mol. The molecule has 0 saturated carbocycles. The molecule has 0 aliphatic carbocycles. The van der Waals surface area contributed by atoms with Gasteiger partial charge in [0.25, 0.3) is 5.69 Å². The molecule has 0 amide bonds. The minimum Gasteiger partial charge on any atom is -0.425 e. The van der Waals surface area contributed by atoms with E-state index in [1.807, 2.05) is 0 Å². The van der Waals surface area contributed by atoms with Crippen molar-refractivity contribution >= 4 is 13.3 Å². The van der Waals surface area contributed by atoms with Crippen LogP contribution in [0.25, 0.3) is 0 Å². The van der Waals surface area contributed by atoms with Crippen molar-refractivity contribution in [3.8, 4) is 5.75 Å². The molecule has 0 spiro atoms. The van der Waals surface area contributed by atoms with Gasteiger partial charge in [0.15, 0.2) is 0 Å². The molecule has 82 valence electrons. The Morgan fingerprint density at radius 3 is 2.27 bits per heavy atom. The van der Waals surface area contributed by atoms with Gasteiger partial charge in [0.05, 0.1) is 4.92 Å². The van der Waals surface area contributed by atoms with Gasteiger partial charge in [-0.05, 0) is 12.1 Å². The summed E-state index contributed by atoms with van der Waals surface area (Å²) in [5.74, 6) is 0.272. The standard InChI is InChI=1S/C8H10NO5P/c1-13-15(2,12)14-8-5-3-7(4-6-8)9(10)11/h3-6H,1-2H3. The lowest BCUT2D eigenvalue weighted by molar-refractivity contribution is -0.384. The first-order valence-corrected chi connectivity index (χ1v) is 6.01. The van der Waals surface area contributed by atoms with Crippen molar-refractivity contribution in [2.24, 2.45) is 0 Å². The fraction of sp³-hybridized carbons (Fsp3) is 0.250. The maximum Gasteiger partial charge on any atom is 0.375 e. The first-order valence-electron chi connectivity index (χ1n) is 4.02. The topological polar surface area (TPSA) is 78.7 Å². The van der Waals surface area contributed by atoms with Gasteiger partial charge in [-0.15, -0.1) is 0 Å². The molecule has 6 nitrogen and oxygen atoms in total. The molecule has 0 N–H and O–H groups in total. The summed E-state index contributed by atoms with van der Waals surface area (Å²) in [7, 11) is -1.83. The van der Waals surface area contributed by atoms with Gasteiger partial charge in [0.1, 0.15) is 5.75 Å². The van der Waals surface area contributed by atoms with Gasteiger partial charge in [0, 0.05) is 25.9 Å². The average molecular weight is 231 g/mol. The lowest BCUT2D eigenvalue weighted by Gasteiger charge is -2.11. The summed E-state index contributed by atoms with van der Waals surface area (Å²) < 4.78 is 21.0. The summed E-state index contributed by atoms with van der Waals surface area (Å²) in [5, 5.41) is 10.3. The zero-order valence-corrected chi connectivity index (χ0v) is 9.14. The second kappa shape index (κ2) is 4.42. The van der Waals surface area contributed by atoms with Crippen LogP contribution in [-0.2, 0) is 9.09 Å². The normalized spacial score (nSPS) is 14.3. The molecule has 1 atom stereocenters. The van der Waals surface area contributed by atoms with Crippen LogP contribution in [0.5, 0.6) is 5.75 Å². The Hall–Kier alpha value is -1.39. The highest BCUT2D eigenvalue weighted by Crippen LogP contribution is 2.43. The lowest BCUT2D eigenvalue weighted by Crippen LogP contribution is -1.93. The van der Waals surface area contributed by atoms with Gasteiger partial charge in [0.2, 0.25) is 0 Å². The Morgan fingerprint density at radius 2 is 1.87 bits per heavy atom. The van der Waals surface area contributed by atoms with E-state index < -0.39 is 12.5 Å². The van der Waals surface area contributed by atoms with Crippen molar-refractivity contribution in [1.82, 2.24) is 0 Å². The van der Waals surface area contributed by atoms with Crippen molar-refractivity contribution in [3.05, 3.63) is 34.4 Å². The Balaban J connectivity index is 2.82. The first kappa shape index (κ1) is 11.7. The molecule has 0 fully saturated rings. The average Bonchev–Trinajstić information content (AvgIpc) is 2.18. The molecule has 7 heteroatoms. The highest BCUT2D eigenvalue weighted by molar-refractivity contribution is 7.53. The van der Waals surface area contributed by atoms with Gasteiger partial charge in [-0.3, -0.25) is 10.1 Å². The third-order valence-corrected chi connectivity index (χ3v) is 2.86. The Kier molecular flexibility index (Phi) is 3.44. The number of nitro benzene ring substituents is 1. The van der Waals surface area contributed by atoms with E-state index in [2.05, 4.69) is 4.52 Å². The molecule has 15 heavy (non-hydrogen) atoms. The number of benzene rings is 1. The molecule has 0 aliphatic rings. The number of non-ortho nitro benzene ring substituents is 1. The van der Waals surface area contributed by atoms with Crippen LogP contribution in [0.1, 0.15) is 0 Å².